The number of fused-ring (bicyclic) bond motifs is 3. The van der Waals surface area contributed by atoms with Crippen LogP contribution in [0, 0.1) is 26.7 Å². The zero-order chi connectivity index (χ0) is 23.9. The highest BCUT2D eigenvalue weighted by molar-refractivity contribution is 5.88. The molecule has 1 aliphatic rings. The maximum atomic E-state index is 3.53. The van der Waals surface area contributed by atoms with Crippen molar-refractivity contribution >= 4 is 11.3 Å². The molecular weight excluding hydrogens is 398 g/mol. The van der Waals surface area contributed by atoms with Crippen LogP contribution in [0.2, 0.25) is 0 Å². The van der Waals surface area contributed by atoms with Gasteiger partial charge in [0, 0.05) is 23.7 Å². The third kappa shape index (κ3) is 4.26. The van der Waals surface area contributed by atoms with Gasteiger partial charge in [0.25, 0.3) is 0 Å². The Bertz CT molecular complexity index is 1220. The van der Waals surface area contributed by atoms with E-state index >= 15 is 0 Å². The van der Waals surface area contributed by atoms with Crippen LogP contribution < -0.4 is 5.32 Å². The average Bonchev–Trinajstić information content (AvgIpc) is 2.99. The smallest absolute Gasteiger partial charge is 0.0417 e. The van der Waals surface area contributed by atoms with Crippen molar-refractivity contribution < 1.29 is 0 Å². The molecule has 33 heavy (non-hydrogen) atoms. The van der Waals surface area contributed by atoms with Crippen molar-refractivity contribution in [2.45, 2.75) is 66.7 Å². The Morgan fingerprint density at radius 3 is 2.36 bits per heavy atom. The van der Waals surface area contributed by atoms with Crippen molar-refractivity contribution in [3.8, 4) is 11.1 Å². The number of anilines is 1. The summed E-state index contributed by atoms with van der Waals surface area (Å²) in [6.45, 7) is 16.0. The third-order valence-electron chi connectivity index (χ3n) is 7.45. The topological polar surface area (TPSA) is 12.0 Å². The zero-order valence-corrected chi connectivity index (χ0v) is 21.7. The highest BCUT2D eigenvalue weighted by Crippen LogP contribution is 2.51. The lowest BCUT2D eigenvalue weighted by Crippen LogP contribution is -2.15. The lowest BCUT2D eigenvalue weighted by molar-refractivity contribution is 0.660. The Labute approximate surface area is 201 Å². The van der Waals surface area contributed by atoms with Crippen LogP contribution in [-0.2, 0) is 11.8 Å². The largest absolute Gasteiger partial charge is 0.388 e. The van der Waals surface area contributed by atoms with Crippen molar-refractivity contribution in [2.75, 3.05) is 12.4 Å². The Balaban J connectivity index is 1.85. The van der Waals surface area contributed by atoms with Crippen molar-refractivity contribution in [2.24, 2.45) is 5.92 Å². The average molecular weight is 438 g/mol. The van der Waals surface area contributed by atoms with Crippen molar-refractivity contribution in [1.82, 2.24) is 0 Å². The standard InChI is InChI=1S/C32H39N/c1-20(2)15-25(14-13-24-17-21(3)16-22(4)23(24)5)27-18-28-26-11-9-10-12-29(26)32(6,7)30(28)19-31(27)33-8/h9-12,14,16-20,33H,13,15H2,1-8H3/b25-14-. The van der Waals surface area contributed by atoms with E-state index in [-0.39, 0.29) is 5.41 Å². The monoisotopic (exact) mass is 437 g/mol. The molecule has 3 aromatic carbocycles. The Kier molecular flexibility index (Phi) is 6.27. The minimum Gasteiger partial charge on any atom is -0.388 e. The van der Waals surface area contributed by atoms with Crippen molar-refractivity contribution in [3.05, 3.63) is 93.6 Å². The van der Waals surface area contributed by atoms with Gasteiger partial charge in [-0.3, -0.25) is 0 Å². The van der Waals surface area contributed by atoms with Gasteiger partial charge in [-0.15, -0.1) is 0 Å². The van der Waals surface area contributed by atoms with Gasteiger partial charge in [-0.1, -0.05) is 75.7 Å². The van der Waals surface area contributed by atoms with Gasteiger partial charge in [0.05, 0.1) is 0 Å². The molecule has 0 saturated carbocycles. The number of benzene rings is 3. The first-order valence-corrected chi connectivity index (χ1v) is 12.4. The first kappa shape index (κ1) is 23.4. The molecule has 0 fully saturated rings. The summed E-state index contributed by atoms with van der Waals surface area (Å²) < 4.78 is 0. The van der Waals surface area contributed by atoms with Crippen LogP contribution in [0.5, 0.6) is 0 Å². The lowest BCUT2D eigenvalue weighted by atomic mass is 9.81. The Morgan fingerprint density at radius 2 is 1.67 bits per heavy atom. The number of allylic oxidation sites excluding steroid dienone is 2. The van der Waals surface area contributed by atoms with Crippen LogP contribution in [0.1, 0.15) is 73.1 Å². The van der Waals surface area contributed by atoms with Crippen LogP contribution in [-0.4, -0.2) is 7.05 Å². The molecule has 1 N–H and O–H groups in total. The number of hydrogen-bond donors (Lipinski definition) is 1. The third-order valence-corrected chi connectivity index (χ3v) is 7.45. The van der Waals surface area contributed by atoms with Crippen LogP contribution in [0.4, 0.5) is 5.69 Å². The van der Waals surface area contributed by atoms with Gasteiger partial charge in [-0.25, -0.2) is 0 Å². The predicted molar refractivity (Wildman–Crippen MR) is 145 cm³/mol. The van der Waals surface area contributed by atoms with Crippen LogP contribution in [0.25, 0.3) is 16.7 Å². The normalized spacial score (nSPS) is 14.4. The second-order valence-corrected chi connectivity index (χ2v) is 10.8. The summed E-state index contributed by atoms with van der Waals surface area (Å²) in [5.74, 6) is 0.596. The fourth-order valence-electron chi connectivity index (χ4n) is 5.54. The maximum absolute atomic E-state index is 3.53. The van der Waals surface area contributed by atoms with Crippen LogP contribution in [0.15, 0.2) is 54.6 Å². The number of aryl methyl sites for hydroxylation is 2. The van der Waals surface area contributed by atoms with Crippen LogP contribution >= 0.6 is 0 Å². The Hall–Kier alpha value is -2.80. The lowest BCUT2D eigenvalue weighted by Gasteiger charge is -2.23. The Morgan fingerprint density at radius 1 is 0.939 bits per heavy atom. The summed E-state index contributed by atoms with van der Waals surface area (Å²) in [5.41, 5.74) is 15.3. The van der Waals surface area contributed by atoms with Gasteiger partial charge in [0.2, 0.25) is 0 Å². The summed E-state index contributed by atoms with van der Waals surface area (Å²) in [6, 6.07) is 18.4. The molecule has 0 heterocycles. The van der Waals surface area contributed by atoms with Gasteiger partial charge in [-0.2, -0.15) is 0 Å². The molecule has 0 amide bonds. The molecule has 0 bridgehead atoms. The van der Waals surface area contributed by atoms with E-state index in [1.165, 1.54) is 61.3 Å². The quantitative estimate of drug-likeness (QED) is 0.407. The molecule has 1 heteroatoms. The molecule has 0 saturated heterocycles. The van der Waals surface area contributed by atoms with Gasteiger partial charge in [0.15, 0.2) is 0 Å². The molecule has 0 spiro atoms. The SMILES string of the molecule is CNc1cc2c(cc1/C(=C\Cc1cc(C)cc(C)c1C)CC(C)C)-c1ccccc1C2(C)C. The van der Waals surface area contributed by atoms with Gasteiger partial charge < -0.3 is 5.32 Å². The first-order valence-electron chi connectivity index (χ1n) is 12.4. The molecule has 1 nitrogen and oxygen atoms in total. The minimum absolute atomic E-state index is 0.0220. The van der Waals surface area contributed by atoms with Crippen LogP contribution in [0.3, 0.4) is 0 Å². The molecule has 0 aromatic heterocycles. The molecule has 0 unspecified atom stereocenters. The molecule has 4 rings (SSSR count). The van der Waals surface area contributed by atoms with E-state index in [0.717, 1.165) is 12.8 Å². The molecule has 0 radical (unpaired) electrons. The molecule has 0 atom stereocenters. The maximum Gasteiger partial charge on any atom is 0.0417 e. The highest BCUT2D eigenvalue weighted by atomic mass is 14.8. The summed E-state index contributed by atoms with van der Waals surface area (Å²) in [5, 5.41) is 3.53. The first-order chi connectivity index (χ1) is 15.6. The van der Waals surface area contributed by atoms with E-state index < -0.39 is 0 Å². The summed E-state index contributed by atoms with van der Waals surface area (Å²) >= 11 is 0. The number of hydrogen-bond acceptors (Lipinski definition) is 1. The van der Waals surface area contributed by atoms with Gasteiger partial charge in [0.1, 0.15) is 0 Å². The van der Waals surface area contributed by atoms with Crippen molar-refractivity contribution in [3.63, 3.8) is 0 Å². The predicted octanol–water partition coefficient (Wildman–Crippen LogP) is 8.63. The van der Waals surface area contributed by atoms with Gasteiger partial charge in [-0.05, 0) is 96.2 Å². The second kappa shape index (κ2) is 8.86. The molecule has 3 aromatic rings. The van der Waals surface area contributed by atoms with Crippen molar-refractivity contribution in [1.29, 1.82) is 0 Å². The number of nitrogens with one attached hydrogen (secondary N) is 1. The summed E-state index contributed by atoms with van der Waals surface area (Å²) in [7, 11) is 2.06. The van der Waals surface area contributed by atoms with E-state index in [0.29, 0.717) is 5.92 Å². The molecule has 0 aliphatic heterocycles. The minimum atomic E-state index is 0.0220. The summed E-state index contributed by atoms with van der Waals surface area (Å²) in [4.78, 5) is 0. The van der Waals surface area contributed by atoms with E-state index in [1.807, 2.05) is 0 Å². The summed E-state index contributed by atoms with van der Waals surface area (Å²) in [6.07, 6.45) is 4.52. The fourth-order valence-corrected chi connectivity index (χ4v) is 5.54. The van der Waals surface area contributed by atoms with E-state index in [1.54, 1.807) is 0 Å². The van der Waals surface area contributed by atoms with E-state index in [9.17, 15) is 0 Å². The number of rotatable bonds is 6. The van der Waals surface area contributed by atoms with E-state index in [4.69, 9.17) is 0 Å². The van der Waals surface area contributed by atoms with E-state index in [2.05, 4.69) is 115 Å². The molecule has 172 valence electrons. The molecule has 1 aliphatic carbocycles. The van der Waals surface area contributed by atoms with Gasteiger partial charge >= 0.3 is 0 Å². The molecular formula is C32H39N. The highest BCUT2D eigenvalue weighted by Gasteiger charge is 2.36. The zero-order valence-electron chi connectivity index (χ0n) is 21.7. The fraction of sp³-hybridized carbons (Fsp3) is 0.375. The second-order valence-electron chi connectivity index (χ2n) is 10.8.